The van der Waals surface area contributed by atoms with Crippen LogP contribution in [0.3, 0.4) is 0 Å². The molecule has 256 valence electrons. The summed E-state index contributed by atoms with van der Waals surface area (Å²) in [5, 5.41) is 0. The predicted molar refractivity (Wildman–Crippen MR) is 189 cm³/mol. The smallest absolute Gasteiger partial charge is 0.293 e. The van der Waals surface area contributed by atoms with E-state index in [0.717, 1.165) is 49.4 Å². The van der Waals surface area contributed by atoms with Crippen LogP contribution in [0.5, 0.6) is 0 Å². The number of carbonyl (C=O) groups is 1. The minimum Gasteiger partial charge on any atom is -0.461 e. The molecule has 0 heterocycles. The lowest BCUT2D eigenvalue weighted by atomic mass is 9.50. The standard InChI is InChI=1S/C42H76O2/c1-4-6-8-10-14-20-37-21-23-38(24-22-37)40(27-15-12-16-28-40)34-36(3)42(30-18-13-19-31-42)39-25-32-41(33-26-39,44-35-43)29-17-11-9-7-5-2/h35-39H,4-34H2,1-3H3. The molecule has 0 aliphatic heterocycles. The normalized spacial score (nSPS) is 31.3. The van der Waals surface area contributed by atoms with E-state index in [2.05, 4.69) is 20.8 Å². The minimum atomic E-state index is -0.164. The largest absolute Gasteiger partial charge is 0.461 e. The molecule has 2 heteroatoms. The third kappa shape index (κ3) is 9.75. The minimum absolute atomic E-state index is 0.164. The number of hydrogen-bond donors (Lipinski definition) is 0. The zero-order valence-electron chi connectivity index (χ0n) is 30.1. The van der Waals surface area contributed by atoms with E-state index < -0.39 is 0 Å². The number of unbranched alkanes of at least 4 members (excludes halogenated alkanes) is 8. The van der Waals surface area contributed by atoms with Gasteiger partial charge in [-0.2, -0.15) is 0 Å². The summed E-state index contributed by atoms with van der Waals surface area (Å²) in [7, 11) is 0. The van der Waals surface area contributed by atoms with E-state index in [4.69, 9.17) is 4.74 Å². The molecule has 0 radical (unpaired) electrons. The van der Waals surface area contributed by atoms with Crippen LogP contribution in [-0.2, 0) is 9.53 Å². The van der Waals surface area contributed by atoms with Gasteiger partial charge in [0.15, 0.2) is 0 Å². The van der Waals surface area contributed by atoms with Crippen molar-refractivity contribution in [2.75, 3.05) is 0 Å². The molecule has 4 saturated carbocycles. The lowest BCUT2D eigenvalue weighted by molar-refractivity contribution is -0.152. The summed E-state index contributed by atoms with van der Waals surface area (Å²) in [6.45, 7) is 8.15. The van der Waals surface area contributed by atoms with E-state index in [-0.39, 0.29) is 5.60 Å². The maximum absolute atomic E-state index is 11.7. The summed E-state index contributed by atoms with van der Waals surface area (Å²) in [5.41, 5.74) is 1.00. The molecule has 0 aromatic heterocycles. The molecule has 4 fully saturated rings. The molecule has 4 aliphatic rings. The summed E-state index contributed by atoms with van der Waals surface area (Å²) in [6, 6.07) is 0. The highest BCUT2D eigenvalue weighted by Crippen LogP contribution is 2.60. The molecule has 44 heavy (non-hydrogen) atoms. The zero-order valence-corrected chi connectivity index (χ0v) is 30.1. The highest BCUT2D eigenvalue weighted by atomic mass is 16.5. The Labute approximate surface area is 275 Å². The molecule has 1 atom stereocenters. The first kappa shape index (κ1) is 36.3. The number of carbonyl (C=O) groups excluding carboxylic acids is 1. The first-order chi connectivity index (χ1) is 21.5. The van der Waals surface area contributed by atoms with E-state index in [0.29, 0.717) is 10.8 Å². The van der Waals surface area contributed by atoms with Crippen molar-refractivity contribution in [3.63, 3.8) is 0 Å². The summed E-state index contributed by atoms with van der Waals surface area (Å²) >= 11 is 0. The fourth-order valence-corrected chi connectivity index (χ4v) is 11.8. The third-order valence-electron chi connectivity index (χ3n) is 14.5. The third-order valence-corrected chi connectivity index (χ3v) is 14.5. The maximum atomic E-state index is 11.7. The molecule has 4 rings (SSSR count). The Morgan fingerprint density at radius 3 is 1.80 bits per heavy atom. The summed E-state index contributed by atoms with van der Waals surface area (Å²) in [4.78, 5) is 11.7. The van der Waals surface area contributed by atoms with Crippen LogP contribution in [0.2, 0.25) is 0 Å². The monoisotopic (exact) mass is 613 g/mol. The van der Waals surface area contributed by atoms with E-state index in [9.17, 15) is 4.79 Å². The molecule has 1 unspecified atom stereocenters. The number of ether oxygens (including phenoxy) is 1. The van der Waals surface area contributed by atoms with Crippen molar-refractivity contribution in [2.24, 2.45) is 34.5 Å². The molecule has 4 aliphatic carbocycles. The van der Waals surface area contributed by atoms with Gasteiger partial charge in [-0.15, -0.1) is 0 Å². The second-order valence-electron chi connectivity index (χ2n) is 17.1. The van der Waals surface area contributed by atoms with Gasteiger partial charge in [0.05, 0.1) is 0 Å². The Bertz CT molecular complexity index is 759. The van der Waals surface area contributed by atoms with Crippen LogP contribution >= 0.6 is 0 Å². The SMILES string of the molecule is CCCCCCCC1CCC(C2(CC(C)C3(C4CCC(CCCCCCC)(OC=O)CC4)CCCCC3)CCCCC2)CC1. The van der Waals surface area contributed by atoms with Crippen LogP contribution in [0.1, 0.15) is 220 Å². The van der Waals surface area contributed by atoms with Crippen molar-refractivity contribution in [3.8, 4) is 0 Å². The molecule has 0 amide bonds. The van der Waals surface area contributed by atoms with Crippen molar-refractivity contribution >= 4 is 6.47 Å². The van der Waals surface area contributed by atoms with Gasteiger partial charge in [-0.25, -0.2) is 0 Å². The Kier molecular flexibility index (Phi) is 15.4. The maximum Gasteiger partial charge on any atom is 0.293 e. The second kappa shape index (κ2) is 18.7. The van der Waals surface area contributed by atoms with Gasteiger partial charge >= 0.3 is 0 Å². The molecular weight excluding hydrogens is 536 g/mol. The van der Waals surface area contributed by atoms with Gasteiger partial charge in [0.25, 0.3) is 6.47 Å². The number of rotatable bonds is 19. The first-order valence-corrected chi connectivity index (χ1v) is 20.6. The fourth-order valence-electron chi connectivity index (χ4n) is 11.8. The molecule has 0 saturated heterocycles. The Balaban J connectivity index is 1.38. The van der Waals surface area contributed by atoms with Gasteiger partial charge in [-0.3, -0.25) is 4.79 Å². The quantitative estimate of drug-likeness (QED) is 0.107. The van der Waals surface area contributed by atoms with Gasteiger partial charge in [-0.05, 0) is 118 Å². The van der Waals surface area contributed by atoms with Crippen LogP contribution in [-0.4, -0.2) is 12.1 Å². The van der Waals surface area contributed by atoms with Gasteiger partial charge in [-0.1, -0.05) is 136 Å². The van der Waals surface area contributed by atoms with Crippen LogP contribution in [0, 0.1) is 34.5 Å². The highest BCUT2D eigenvalue weighted by Gasteiger charge is 2.51. The average molecular weight is 613 g/mol. The van der Waals surface area contributed by atoms with E-state index in [1.54, 1.807) is 0 Å². The van der Waals surface area contributed by atoms with Gasteiger partial charge in [0, 0.05) is 0 Å². The summed E-state index contributed by atoms with van der Waals surface area (Å²) in [6.07, 6.45) is 43.6. The highest BCUT2D eigenvalue weighted by molar-refractivity contribution is 5.38. The molecular formula is C42H76O2. The van der Waals surface area contributed by atoms with Crippen LogP contribution in [0.4, 0.5) is 0 Å². The lowest BCUT2D eigenvalue weighted by Gasteiger charge is -2.55. The predicted octanol–water partition coefficient (Wildman–Crippen LogP) is 13.5. The van der Waals surface area contributed by atoms with E-state index in [1.165, 1.54) is 180 Å². The fraction of sp³-hybridized carbons (Fsp3) is 0.976. The molecule has 0 N–H and O–H groups in total. The number of hydrogen-bond acceptors (Lipinski definition) is 2. The molecule has 0 aromatic rings. The van der Waals surface area contributed by atoms with Crippen LogP contribution in [0.25, 0.3) is 0 Å². The lowest BCUT2D eigenvalue weighted by Crippen LogP contribution is -2.47. The topological polar surface area (TPSA) is 26.3 Å². The average Bonchev–Trinajstić information content (AvgIpc) is 3.06. The van der Waals surface area contributed by atoms with Crippen LogP contribution in [0.15, 0.2) is 0 Å². The first-order valence-electron chi connectivity index (χ1n) is 20.6. The van der Waals surface area contributed by atoms with E-state index in [1.807, 2.05) is 0 Å². The van der Waals surface area contributed by atoms with E-state index >= 15 is 0 Å². The molecule has 0 aromatic carbocycles. The van der Waals surface area contributed by atoms with Crippen molar-refractivity contribution < 1.29 is 9.53 Å². The van der Waals surface area contributed by atoms with Crippen molar-refractivity contribution in [3.05, 3.63) is 0 Å². The van der Waals surface area contributed by atoms with Gasteiger partial charge in [0.1, 0.15) is 5.60 Å². The van der Waals surface area contributed by atoms with Gasteiger partial charge in [0.2, 0.25) is 0 Å². The Morgan fingerprint density at radius 2 is 1.20 bits per heavy atom. The van der Waals surface area contributed by atoms with Crippen molar-refractivity contribution in [1.82, 2.24) is 0 Å². The molecule has 0 bridgehead atoms. The molecule has 0 spiro atoms. The van der Waals surface area contributed by atoms with Crippen molar-refractivity contribution in [1.29, 1.82) is 0 Å². The molecule has 2 nitrogen and oxygen atoms in total. The summed E-state index contributed by atoms with van der Waals surface area (Å²) < 4.78 is 5.99. The van der Waals surface area contributed by atoms with Crippen LogP contribution < -0.4 is 0 Å². The van der Waals surface area contributed by atoms with Crippen molar-refractivity contribution in [2.45, 2.75) is 225 Å². The Hall–Kier alpha value is -0.530. The second-order valence-corrected chi connectivity index (χ2v) is 17.1. The van der Waals surface area contributed by atoms with Gasteiger partial charge < -0.3 is 4.74 Å². The zero-order chi connectivity index (χ0) is 31.1. The summed E-state index contributed by atoms with van der Waals surface area (Å²) in [5.74, 6) is 3.70. The Morgan fingerprint density at radius 1 is 0.636 bits per heavy atom.